The lowest BCUT2D eigenvalue weighted by Crippen LogP contribution is -2.24. The first-order chi connectivity index (χ1) is 14.5. The van der Waals surface area contributed by atoms with Gasteiger partial charge in [0.05, 0.1) is 4.90 Å². The molecule has 0 aliphatic carbocycles. The van der Waals surface area contributed by atoms with Crippen LogP contribution in [-0.2, 0) is 16.4 Å². The van der Waals surface area contributed by atoms with Crippen molar-refractivity contribution in [3.63, 3.8) is 0 Å². The van der Waals surface area contributed by atoms with Crippen molar-refractivity contribution < 1.29 is 8.42 Å². The Bertz CT molecular complexity index is 1140. The third-order valence-electron chi connectivity index (χ3n) is 4.56. The van der Waals surface area contributed by atoms with Crippen molar-refractivity contribution in [1.82, 2.24) is 4.72 Å². The topological polar surface area (TPSA) is 46.2 Å². The van der Waals surface area contributed by atoms with Crippen molar-refractivity contribution in [2.24, 2.45) is 0 Å². The first-order valence-corrected chi connectivity index (χ1v) is 11.4. The molecule has 0 aliphatic heterocycles. The Morgan fingerprint density at radius 2 is 1.53 bits per heavy atom. The van der Waals surface area contributed by atoms with Crippen molar-refractivity contribution in [3.8, 4) is 11.8 Å². The van der Waals surface area contributed by atoms with E-state index in [1.807, 2.05) is 61.5 Å². The summed E-state index contributed by atoms with van der Waals surface area (Å²) in [5, 5.41) is 0. The maximum absolute atomic E-state index is 12.4. The van der Waals surface area contributed by atoms with E-state index in [9.17, 15) is 8.42 Å². The Morgan fingerprint density at radius 3 is 2.20 bits per heavy atom. The average molecular weight is 416 g/mol. The zero-order valence-electron chi connectivity index (χ0n) is 17.0. The molecule has 0 radical (unpaired) electrons. The van der Waals surface area contributed by atoms with Gasteiger partial charge in [-0.3, -0.25) is 0 Å². The summed E-state index contributed by atoms with van der Waals surface area (Å²) in [5.74, 6) is 6.49. The predicted molar refractivity (Wildman–Crippen MR) is 123 cm³/mol. The molecule has 0 atom stereocenters. The van der Waals surface area contributed by atoms with E-state index in [4.69, 9.17) is 0 Å². The van der Waals surface area contributed by atoms with Crippen LogP contribution >= 0.6 is 0 Å². The highest BCUT2D eigenvalue weighted by Gasteiger charge is 2.12. The second-order valence-electron chi connectivity index (χ2n) is 6.95. The fourth-order valence-electron chi connectivity index (χ4n) is 2.91. The Balaban J connectivity index is 1.67. The molecule has 0 spiro atoms. The smallest absolute Gasteiger partial charge is 0.211 e. The minimum atomic E-state index is -3.51. The molecule has 0 fully saturated rings. The molecule has 3 aromatic rings. The van der Waals surface area contributed by atoms with E-state index in [2.05, 4.69) is 28.7 Å². The molecule has 4 heteroatoms. The molecular formula is C26H25NO2S. The monoisotopic (exact) mass is 415 g/mol. The van der Waals surface area contributed by atoms with Crippen molar-refractivity contribution in [3.05, 3.63) is 108 Å². The molecule has 30 heavy (non-hydrogen) atoms. The largest absolute Gasteiger partial charge is 0.240 e. The summed E-state index contributed by atoms with van der Waals surface area (Å²) in [6.45, 7) is 2.24. The third-order valence-corrected chi connectivity index (χ3v) is 6.04. The lowest BCUT2D eigenvalue weighted by Gasteiger charge is -2.06. The minimum absolute atomic E-state index is 0.281. The van der Waals surface area contributed by atoms with Gasteiger partial charge >= 0.3 is 0 Å². The van der Waals surface area contributed by atoms with Crippen molar-refractivity contribution in [2.75, 3.05) is 6.54 Å². The molecule has 152 valence electrons. The molecule has 0 unspecified atom stereocenters. The van der Waals surface area contributed by atoms with Gasteiger partial charge in [0.15, 0.2) is 0 Å². The number of hydrogen-bond acceptors (Lipinski definition) is 2. The second kappa shape index (κ2) is 10.6. The Labute approximate surface area is 179 Å². The predicted octanol–water partition coefficient (Wildman–Crippen LogP) is 4.99. The SMILES string of the molecule is Cc1ccc(S(=O)(=O)NCC/C=C(\C#CCc2ccccc2)c2ccccc2)cc1. The van der Waals surface area contributed by atoms with Gasteiger partial charge in [-0.15, -0.1) is 0 Å². The molecule has 0 bridgehead atoms. The molecule has 1 N–H and O–H groups in total. The van der Waals surface area contributed by atoms with Crippen LogP contribution in [0, 0.1) is 18.8 Å². The Morgan fingerprint density at radius 1 is 0.900 bits per heavy atom. The van der Waals surface area contributed by atoms with E-state index >= 15 is 0 Å². The zero-order chi connectivity index (χ0) is 21.2. The summed E-state index contributed by atoms with van der Waals surface area (Å²) in [6.07, 6.45) is 3.21. The summed E-state index contributed by atoms with van der Waals surface area (Å²) in [4.78, 5) is 0.281. The summed E-state index contributed by atoms with van der Waals surface area (Å²) in [7, 11) is -3.51. The summed E-state index contributed by atoms with van der Waals surface area (Å²) >= 11 is 0. The molecule has 3 aromatic carbocycles. The number of aryl methyl sites for hydroxylation is 1. The van der Waals surface area contributed by atoms with Gasteiger partial charge in [0.2, 0.25) is 10.0 Å². The lowest BCUT2D eigenvalue weighted by molar-refractivity contribution is 0.582. The van der Waals surface area contributed by atoms with E-state index in [0.717, 1.165) is 16.7 Å². The molecule has 0 saturated heterocycles. The summed E-state index contributed by atoms with van der Waals surface area (Å²) in [6, 6.07) is 26.9. The number of allylic oxidation sites excluding steroid dienone is 1. The van der Waals surface area contributed by atoms with Crippen LogP contribution in [0.2, 0.25) is 0 Å². The van der Waals surface area contributed by atoms with Crippen molar-refractivity contribution in [1.29, 1.82) is 0 Å². The van der Waals surface area contributed by atoms with Gasteiger partial charge in [-0.05, 0) is 36.6 Å². The van der Waals surface area contributed by atoms with Gasteiger partial charge in [-0.25, -0.2) is 13.1 Å². The molecular weight excluding hydrogens is 390 g/mol. The number of sulfonamides is 1. The zero-order valence-corrected chi connectivity index (χ0v) is 17.8. The third kappa shape index (κ3) is 6.45. The van der Waals surface area contributed by atoms with E-state index in [-0.39, 0.29) is 4.90 Å². The molecule has 0 saturated carbocycles. The van der Waals surface area contributed by atoms with Crippen LogP contribution in [0.4, 0.5) is 0 Å². The second-order valence-corrected chi connectivity index (χ2v) is 8.71. The molecule has 3 nitrogen and oxygen atoms in total. The average Bonchev–Trinajstić information content (AvgIpc) is 2.77. The Hall–Kier alpha value is -3.13. The highest BCUT2D eigenvalue weighted by Crippen LogP contribution is 2.14. The summed E-state index contributed by atoms with van der Waals surface area (Å²) < 4.78 is 27.5. The van der Waals surface area contributed by atoms with Gasteiger partial charge in [0, 0.05) is 18.5 Å². The maximum atomic E-state index is 12.4. The minimum Gasteiger partial charge on any atom is -0.211 e. The highest BCUT2D eigenvalue weighted by molar-refractivity contribution is 7.89. The normalized spacial score (nSPS) is 11.6. The number of benzene rings is 3. The van der Waals surface area contributed by atoms with Gasteiger partial charge in [0.1, 0.15) is 0 Å². The van der Waals surface area contributed by atoms with Crippen LogP contribution in [0.1, 0.15) is 23.1 Å². The quantitative estimate of drug-likeness (QED) is 0.436. The van der Waals surface area contributed by atoms with E-state index in [1.165, 1.54) is 5.56 Å². The highest BCUT2D eigenvalue weighted by atomic mass is 32.2. The fraction of sp³-hybridized carbons (Fsp3) is 0.154. The van der Waals surface area contributed by atoms with Crippen molar-refractivity contribution in [2.45, 2.75) is 24.7 Å². The molecule has 0 amide bonds. The van der Waals surface area contributed by atoms with Gasteiger partial charge in [0.25, 0.3) is 0 Å². The fourth-order valence-corrected chi connectivity index (χ4v) is 3.95. The van der Waals surface area contributed by atoms with Crippen LogP contribution in [0.5, 0.6) is 0 Å². The van der Waals surface area contributed by atoms with Gasteiger partial charge < -0.3 is 0 Å². The first kappa shape index (κ1) is 21.6. The lowest BCUT2D eigenvalue weighted by atomic mass is 10.0. The molecule has 0 heterocycles. The van der Waals surface area contributed by atoms with E-state index < -0.39 is 10.0 Å². The summed E-state index contributed by atoms with van der Waals surface area (Å²) in [5.41, 5.74) is 4.13. The van der Waals surface area contributed by atoms with Gasteiger partial charge in [-0.2, -0.15) is 0 Å². The standard InChI is InChI=1S/C26H25NO2S/c1-22-17-19-26(20-18-22)30(28,29)27-21-9-16-25(24-13-6-3-7-14-24)15-8-12-23-10-4-2-5-11-23/h2-7,10-11,13-14,16-20,27H,9,12,21H2,1H3/b25-16+. The van der Waals surface area contributed by atoms with E-state index in [1.54, 1.807) is 24.3 Å². The maximum Gasteiger partial charge on any atom is 0.240 e. The van der Waals surface area contributed by atoms with Crippen LogP contribution < -0.4 is 4.72 Å². The number of nitrogens with one attached hydrogen (secondary N) is 1. The van der Waals surface area contributed by atoms with Crippen LogP contribution in [0.15, 0.2) is 95.9 Å². The Kier molecular flexibility index (Phi) is 7.62. The van der Waals surface area contributed by atoms with Crippen LogP contribution in [0.25, 0.3) is 5.57 Å². The molecule has 0 aliphatic rings. The van der Waals surface area contributed by atoms with Crippen molar-refractivity contribution >= 4 is 15.6 Å². The number of hydrogen-bond donors (Lipinski definition) is 1. The number of rotatable bonds is 7. The molecule has 0 aromatic heterocycles. The van der Waals surface area contributed by atoms with Crippen LogP contribution in [-0.4, -0.2) is 15.0 Å². The van der Waals surface area contributed by atoms with Crippen LogP contribution in [0.3, 0.4) is 0 Å². The van der Waals surface area contributed by atoms with Gasteiger partial charge in [-0.1, -0.05) is 96.3 Å². The van der Waals surface area contributed by atoms with E-state index in [0.29, 0.717) is 19.4 Å². The first-order valence-electron chi connectivity index (χ1n) is 9.89. The molecule has 3 rings (SSSR count).